The summed E-state index contributed by atoms with van der Waals surface area (Å²) >= 11 is 0. The average Bonchev–Trinajstić information content (AvgIpc) is 3.30. The van der Waals surface area contributed by atoms with Crippen molar-refractivity contribution in [1.29, 1.82) is 0 Å². The van der Waals surface area contributed by atoms with Gasteiger partial charge in [0.15, 0.2) is 0 Å². The third-order valence-electron chi connectivity index (χ3n) is 6.14. The molecule has 1 spiro atoms. The maximum absolute atomic E-state index is 13.2. The summed E-state index contributed by atoms with van der Waals surface area (Å²) in [5, 5.41) is 0. The van der Waals surface area contributed by atoms with Crippen molar-refractivity contribution in [2.75, 3.05) is 0 Å². The highest BCUT2D eigenvalue weighted by Crippen LogP contribution is 2.60. The summed E-state index contributed by atoms with van der Waals surface area (Å²) in [4.78, 5) is 15.2. The van der Waals surface area contributed by atoms with Crippen LogP contribution >= 0.6 is 0 Å². The molecule has 0 bridgehead atoms. The second-order valence-corrected chi connectivity index (χ2v) is 7.35. The zero-order chi connectivity index (χ0) is 18.0. The molecule has 1 aliphatic carbocycles. The number of carbonyl (C=O) groups is 1. The topological polar surface area (TPSA) is 33.5 Å². The number of hydrogen-bond donors (Lipinski definition) is 0. The Bertz CT molecular complexity index is 1140. The zero-order valence-corrected chi connectivity index (χ0v) is 14.6. The van der Waals surface area contributed by atoms with Crippen LogP contribution in [0.2, 0.25) is 0 Å². The van der Waals surface area contributed by atoms with Crippen molar-refractivity contribution in [3.63, 3.8) is 0 Å². The van der Waals surface area contributed by atoms with Gasteiger partial charge in [-0.15, -0.1) is 0 Å². The number of hydrogen-bond acceptors (Lipinski definition) is 2. The molecule has 2 atom stereocenters. The molecule has 0 N–H and O–H groups in total. The Hall–Kier alpha value is -3.33. The first-order valence-corrected chi connectivity index (χ1v) is 9.23. The predicted molar refractivity (Wildman–Crippen MR) is 104 cm³/mol. The van der Waals surface area contributed by atoms with E-state index in [1.807, 2.05) is 41.3 Å². The molecule has 0 unspecified atom stereocenters. The number of amides is 1. The number of rotatable bonds is 1. The highest BCUT2D eigenvalue weighted by atomic mass is 16.3. The van der Waals surface area contributed by atoms with Gasteiger partial charge in [0.2, 0.25) is 5.91 Å². The summed E-state index contributed by atoms with van der Waals surface area (Å²) in [6, 6.07) is 20.6. The second-order valence-electron chi connectivity index (χ2n) is 7.35. The van der Waals surface area contributed by atoms with Gasteiger partial charge >= 0.3 is 0 Å². The first kappa shape index (κ1) is 14.8. The molecule has 2 aliphatic heterocycles. The highest BCUT2D eigenvalue weighted by molar-refractivity contribution is 6.05. The lowest BCUT2D eigenvalue weighted by molar-refractivity contribution is -0.130. The van der Waals surface area contributed by atoms with Gasteiger partial charge in [0.25, 0.3) is 0 Å². The third-order valence-corrected chi connectivity index (χ3v) is 6.14. The summed E-state index contributed by atoms with van der Waals surface area (Å²) in [5.74, 6) is 0.994. The van der Waals surface area contributed by atoms with E-state index in [1.54, 1.807) is 6.26 Å². The first-order chi connectivity index (χ1) is 13.3. The molecule has 6 rings (SSSR count). The van der Waals surface area contributed by atoms with Crippen molar-refractivity contribution < 1.29 is 9.21 Å². The van der Waals surface area contributed by atoms with Crippen LogP contribution in [0.4, 0.5) is 0 Å². The van der Waals surface area contributed by atoms with E-state index in [0.29, 0.717) is 6.54 Å². The van der Waals surface area contributed by atoms with Crippen LogP contribution in [0.1, 0.15) is 33.9 Å². The van der Waals surface area contributed by atoms with Crippen molar-refractivity contribution >= 4 is 17.6 Å². The van der Waals surface area contributed by atoms with E-state index in [0.717, 1.165) is 28.0 Å². The normalized spacial score (nSPS) is 24.7. The Kier molecular flexibility index (Phi) is 2.80. The molecule has 1 aromatic heterocycles. The van der Waals surface area contributed by atoms with Crippen LogP contribution in [0, 0.1) is 0 Å². The standard InChI is InChI=1S/C24H17NO2/c26-22-14-21(16-6-2-1-3-7-16)24-19-9-5-4-8-17(19)10-11-20(24)23-18(12-13-27-23)15-25(22)24/h1-14,20H,15H2/t20-,24-/m1/s1. The fourth-order valence-electron chi connectivity index (χ4n) is 5.07. The van der Waals surface area contributed by atoms with Gasteiger partial charge in [-0.1, -0.05) is 66.7 Å². The fourth-order valence-corrected chi connectivity index (χ4v) is 5.07. The van der Waals surface area contributed by atoms with Crippen LogP contribution in [0.5, 0.6) is 0 Å². The molecule has 3 heterocycles. The molecule has 0 saturated carbocycles. The fraction of sp³-hybridized carbons (Fsp3) is 0.125. The van der Waals surface area contributed by atoms with Crippen LogP contribution in [0.25, 0.3) is 11.6 Å². The monoisotopic (exact) mass is 351 g/mol. The van der Waals surface area contributed by atoms with E-state index in [2.05, 4.69) is 42.5 Å². The van der Waals surface area contributed by atoms with Gasteiger partial charge in [-0.2, -0.15) is 0 Å². The van der Waals surface area contributed by atoms with Crippen molar-refractivity contribution in [2.24, 2.45) is 0 Å². The summed E-state index contributed by atoms with van der Waals surface area (Å²) in [6.45, 7) is 0.566. The summed E-state index contributed by atoms with van der Waals surface area (Å²) in [7, 11) is 0. The lowest BCUT2D eigenvalue weighted by Crippen LogP contribution is -2.52. The molecule has 0 fully saturated rings. The van der Waals surface area contributed by atoms with Gasteiger partial charge in [-0.3, -0.25) is 4.79 Å². The third kappa shape index (κ3) is 1.74. The molecule has 3 nitrogen and oxygen atoms in total. The van der Waals surface area contributed by atoms with Crippen LogP contribution in [-0.2, 0) is 16.9 Å². The van der Waals surface area contributed by atoms with Gasteiger partial charge in [-0.25, -0.2) is 0 Å². The van der Waals surface area contributed by atoms with E-state index < -0.39 is 5.54 Å². The molecule has 3 aromatic rings. The predicted octanol–water partition coefficient (Wildman–Crippen LogP) is 4.72. The molecule has 0 saturated heterocycles. The molecule has 130 valence electrons. The van der Waals surface area contributed by atoms with E-state index in [9.17, 15) is 4.79 Å². The van der Waals surface area contributed by atoms with Gasteiger partial charge in [0, 0.05) is 11.6 Å². The second kappa shape index (κ2) is 5.10. The largest absolute Gasteiger partial charge is 0.468 e. The van der Waals surface area contributed by atoms with Gasteiger partial charge in [0.1, 0.15) is 11.3 Å². The maximum atomic E-state index is 13.2. The molecule has 2 aromatic carbocycles. The molecule has 0 radical (unpaired) electrons. The number of nitrogens with zero attached hydrogens (tertiary/aromatic N) is 1. The minimum atomic E-state index is -0.561. The minimum Gasteiger partial charge on any atom is -0.468 e. The van der Waals surface area contributed by atoms with E-state index in [1.165, 1.54) is 5.56 Å². The Balaban J connectivity index is 1.72. The highest BCUT2D eigenvalue weighted by Gasteiger charge is 2.59. The average molecular weight is 351 g/mol. The van der Waals surface area contributed by atoms with Crippen LogP contribution < -0.4 is 0 Å². The summed E-state index contributed by atoms with van der Waals surface area (Å²) < 4.78 is 5.95. The quantitative estimate of drug-likeness (QED) is 0.635. The summed E-state index contributed by atoms with van der Waals surface area (Å²) in [6.07, 6.45) is 7.92. The zero-order valence-electron chi connectivity index (χ0n) is 14.6. The van der Waals surface area contributed by atoms with Crippen LogP contribution in [0.3, 0.4) is 0 Å². The molecular weight excluding hydrogens is 334 g/mol. The van der Waals surface area contributed by atoms with E-state index >= 15 is 0 Å². The molecule has 1 amide bonds. The SMILES string of the molecule is O=C1C=C(c2ccccc2)[C@@]23c4ccccc4C=C[C@@H]2c2occc2CN13. The van der Waals surface area contributed by atoms with Crippen molar-refractivity contribution in [3.05, 3.63) is 107 Å². The number of fused-ring (bicyclic) bond motifs is 3. The maximum Gasteiger partial charge on any atom is 0.248 e. The van der Waals surface area contributed by atoms with Gasteiger partial charge in [-0.05, 0) is 28.3 Å². The molecular formula is C24H17NO2. The molecule has 3 aliphatic rings. The van der Waals surface area contributed by atoms with Crippen molar-refractivity contribution in [2.45, 2.75) is 18.0 Å². The van der Waals surface area contributed by atoms with Gasteiger partial charge in [0.05, 0.1) is 18.7 Å². The lowest BCUT2D eigenvalue weighted by atomic mass is 9.64. The number of carbonyl (C=O) groups excluding carboxylic acids is 1. The van der Waals surface area contributed by atoms with Crippen LogP contribution in [-0.4, -0.2) is 10.8 Å². The Morgan fingerprint density at radius 3 is 2.70 bits per heavy atom. The van der Waals surface area contributed by atoms with Gasteiger partial charge < -0.3 is 9.32 Å². The minimum absolute atomic E-state index is 0.0379. The summed E-state index contributed by atoms with van der Waals surface area (Å²) in [5.41, 5.74) is 4.99. The van der Waals surface area contributed by atoms with E-state index in [-0.39, 0.29) is 11.8 Å². The number of furan rings is 1. The molecule has 27 heavy (non-hydrogen) atoms. The number of benzene rings is 2. The molecule has 3 heteroatoms. The van der Waals surface area contributed by atoms with E-state index in [4.69, 9.17) is 4.42 Å². The Morgan fingerprint density at radius 1 is 1.00 bits per heavy atom. The van der Waals surface area contributed by atoms with Crippen molar-refractivity contribution in [1.82, 2.24) is 4.90 Å². The Morgan fingerprint density at radius 2 is 1.81 bits per heavy atom. The van der Waals surface area contributed by atoms with Crippen molar-refractivity contribution in [3.8, 4) is 0 Å². The first-order valence-electron chi connectivity index (χ1n) is 9.23. The Labute approximate surface area is 157 Å². The van der Waals surface area contributed by atoms with Crippen LogP contribution in [0.15, 0.2) is 83.5 Å². The smallest absolute Gasteiger partial charge is 0.248 e. The lowest BCUT2D eigenvalue weighted by Gasteiger charge is -2.50.